The molecule has 0 atom stereocenters. The van der Waals surface area contributed by atoms with Crippen LogP contribution in [0, 0.1) is 17.9 Å². The quantitative estimate of drug-likeness (QED) is 0.195. The Bertz CT molecular complexity index is 2710. The number of benzene rings is 7. The van der Waals surface area contributed by atoms with Crippen molar-refractivity contribution in [2.24, 2.45) is 0 Å². The lowest BCUT2D eigenvalue weighted by Gasteiger charge is -2.16. The van der Waals surface area contributed by atoms with Crippen LogP contribution in [0.25, 0.3) is 81.4 Å². The van der Waals surface area contributed by atoms with Crippen molar-refractivity contribution in [3.05, 3.63) is 150 Å². The van der Waals surface area contributed by atoms with Crippen LogP contribution < -0.4 is 0 Å². The third kappa shape index (κ3) is 3.31. The van der Waals surface area contributed by atoms with Crippen LogP contribution in [0.15, 0.2) is 133 Å². The number of hydrogen-bond acceptors (Lipinski definition) is 1. The molecule has 9 rings (SSSR count). The van der Waals surface area contributed by atoms with E-state index in [0.29, 0.717) is 16.9 Å². The third-order valence-corrected chi connectivity index (χ3v) is 8.88. The summed E-state index contributed by atoms with van der Waals surface area (Å²) in [5.74, 6) is 0. The SMILES string of the molecule is [C-]#[N+]c1cc(-n2c3ccccc3c3cc4ccccc4cc32)cc(C#N)c1-n1c2ccccc2c2cc3ccccc3cc21. The molecule has 0 radical (unpaired) electrons. The zero-order valence-corrected chi connectivity index (χ0v) is 23.5. The van der Waals surface area contributed by atoms with E-state index in [-0.39, 0.29) is 0 Å². The Morgan fingerprint density at radius 3 is 1.52 bits per heavy atom. The summed E-state index contributed by atoms with van der Waals surface area (Å²) in [4.78, 5) is 4.06. The highest BCUT2D eigenvalue weighted by atomic mass is 15.0. The average Bonchev–Trinajstić information content (AvgIpc) is 3.57. The van der Waals surface area contributed by atoms with E-state index in [0.717, 1.165) is 65.5 Å². The van der Waals surface area contributed by atoms with Gasteiger partial charge in [0.1, 0.15) is 6.07 Å². The first-order valence-electron chi connectivity index (χ1n) is 14.5. The zero-order valence-electron chi connectivity index (χ0n) is 23.5. The van der Waals surface area contributed by atoms with E-state index >= 15 is 0 Å². The van der Waals surface area contributed by atoms with Gasteiger partial charge < -0.3 is 9.13 Å². The van der Waals surface area contributed by atoms with Crippen molar-refractivity contribution < 1.29 is 0 Å². The molecule has 0 aliphatic heterocycles. The monoisotopic (exact) mass is 558 g/mol. The van der Waals surface area contributed by atoms with Crippen molar-refractivity contribution >= 4 is 70.8 Å². The minimum atomic E-state index is 0.432. The van der Waals surface area contributed by atoms with Gasteiger partial charge in [-0.15, -0.1) is 0 Å². The molecule has 0 N–H and O–H groups in total. The molecular formula is C40H22N4. The number of aromatic nitrogens is 2. The maximum Gasteiger partial charge on any atom is 0.214 e. The molecule has 44 heavy (non-hydrogen) atoms. The Morgan fingerprint density at radius 1 is 0.500 bits per heavy atom. The standard InChI is InChI=1S/C40H22N4/c1-42-35-23-30(43-36-16-8-6-14-31(36)33-19-25-10-2-4-12-27(25)21-38(33)43)18-29(24-41)40(35)44-37-17-9-7-15-32(37)34-20-26-11-3-5-13-28(26)22-39(34)44/h2-23H. The van der Waals surface area contributed by atoms with Gasteiger partial charge in [0.05, 0.1) is 39.9 Å². The molecule has 2 heterocycles. The van der Waals surface area contributed by atoms with Crippen LogP contribution in [0.3, 0.4) is 0 Å². The molecule has 7 aromatic carbocycles. The van der Waals surface area contributed by atoms with Crippen LogP contribution in [0.2, 0.25) is 0 Å². The molecule has 202 valence electrons. The largest absolute Gasteiger partial charge is 0.318 e. The lowest BCUT2D eigenvalue weighted by molar-refractivity contribution is 1.14. The molecule has 0 fully saturated rings. The van der Waals surface area contributed by atoms with Crippen LogP contribution in [-0.2, 0) is 0 Å². The van der Waals surface area contributed by atoms with Crippen LogP contribution in [0.5, 0.6) is 0 Å². The second-order valence-corrected chi connectivity index (χ2v) is 11.2. The van der Waals surface area contributed by atoms with Crippen molar-refractivity contribution in [3.63, 3.8) is 0 Å². The summed E-state index contributed by atoms with van der Waals surface area (Å²) in [6, 6.07) is 48.4. The number of nitriles is 1. The normalized spacial score (nSPS) is 11.6. The highest BCUT2D eigenvalue weighted by Gasteiger charge is 2.22. The van der Waals surface area contributed by atoms with Gasteiger partial charge in [-0.2, -0.15) is 5.26 Å². The summed E-state index contributed by atoms with van der Waals surface area (Å²) in [7, 11) is 0. The minimum absolute atomic E-state index is 0.432. The molecule has 0 saturated carbocycles. The fourth-order valence-electron chi connectivity index (χ4n) is 6.97. The second-order valence-electron chi connectivity index (χ2n) is 11.2. The first kappa shape index (κ1) is 24.3. The highest BCUT2D eigenvalue weighted by molar-refractivity contribution is 6.15. The fourth-order valence-corrected chi connectivity index (χ4v) is 6.97. The van der Waals surface area contributed by atoms with Gasteiger partial charge in [-0.1, -0.05) is 84.9 Å². The Hall–Kier alpha value is -6.36. The number of nitrogens with zero attached hydrogens (tertiary/aromatic N) is 4. The van der Waals surface area contributed by atoms with E-state index < -0.39 is 0 Å². The summed E-state index contributed by atoms with van der Waals surface area (Å²) >= 11 is 0. The van der Waals surface area contributed by atoms with Crippen molar-refractivity contribution in [3.8, 4) is 17.4 Å². The molecule has 0 bridgehead atoms. The van der Waals surface area contributed by atoms with Gasteiger partial charge in [-0.3, -0.25) is 0 Å². The molecule has 0 unspecified atom stereocenters. The highest BCUT2D eigenvalue weighted by Crippen LogP contribution is 2.41. The first-order chi connectivity index (χ1) is 21.7. The molecule has 2 aromatic heterocycles. The van der Waals surface area contributed by atoms with Gasteiger partial charge in [-0.05, 0) is 70.1 Å². The van der Waals surface area contributed by atoms with Crippen LogP contribution >= 0.6 is 0 Å². The number of hydrogen-bond donors (Lipinski definition) is 0. The fraction of sp³-hybridized carbons (Fsp3) is 0. The van der Waals surface area contributed by atoms with Crippen LogP contribution in [0.4, 0.5) is 5.69 Å². The Balaban J connectivity index is 1.39. The zero-order chi connectivity index (χ0) is 29.4. The number of fused-ring (bicyclic) bond motifs is 8. The summed E-state index contributed by atoms with van der Waals surface area (Å²) in [5.41, 5.74) is 6.31. The molecular weight excluding hydrogens is 536 g/mol. The van der Waals surface area contributed by atoms with Crippen LogP contribution in [-0.4, -0.2) is 9.13 Å². The molecule has 0 spiro atoms. The summed E-state index contributed by atoms with van der Waals surface area (Å²) < 4.78 is 4.29. The van der Waals surface area contributed by atoms with Crippen molar-refractivity contribution in [1.29, 1.82) is 5.26 Å². The predicted molar refractivity (Wildman–Crippen MR) is 181 cm³/mol. The van der Waals surface area contributed by atoms with Crippen LogP contribution in [0.1, 0.15) is 5.56 Å². The van der Waals surface area contributed by atoms with Crippen molar-refractivity contribution in [2.75, 3.05) is 0 Å². The minimum Gasteiger partial charge on any atom is -0.318 e. The van der Waals surface area contributed by atoms with Crippen molar-refractivity contribution in [2.45, 2.75) is 0 Å². The van der Waals surface area contributed by atoms with Gasteiger partial charge in [-0.25, -0.2) is 4.85 Å². The molecule has 0 saturated heterocycles. The Labute approximate surface area is 252 Å². The predicted octanol–water partition coefficient (Wildman–Crippen LogP) is 10.6. The molecule has 0 aliphatic rings. The van der Waals surface area contributed by atoms with Gasteiger partial charge in [0.2, 0.25) is 5.69 Å². The van der Waals surface area contributed by atoms with E-state index in [1.807, 2.05) is 42.5 Å². The topological polar surface area (TPSA) is 38.0 Å². The van der Waals surface area contributed by atoms with Gasteiger partial charge in [0.25, 0.3) is 0 Å². The molecule has 4 heteroatoms. The first-order valence-corrected chi connectivity index (χ1v) is 14.5. The molecule has 0 aliphatic carbocycles. The molecule has 0 amide bonds. The summed E-state index contributed by atoms with van der Waals surface area (Å²) in [6.07, 6.45) is 0. The maximum atomic E-state index is 10.7. The van der Waals surface area contributed by atoms with E-state index in [9.17, 15) is 5.26 Å². The van der Waals surface area contributed by atoms with Crippen molar-refractivity contribution in [1.82, 2.24) is 9.13 Å². The Kier molecular flexibility index (Phi) is 5.00. The van der Waals surface area contributed by atoms with E-state index in [1.165, 1.54) is 5.39 Å². The summed E-state index contributed by atoms with van der Waals surface area (Å²) in [6.45, 7) is 8.35. The average molecular weight is 559 g/mol. The van der Waals surface area contributed by atoms with Gasteiger partial charge >= 0.3 is 0 Å². The van der Waals surface area contributed by atoms with E-state index in [1.54, 1.807) is 0 Å². The van der Waals surface area contributed by atoms with E-state index in [4.69, 9.17) is 6.57 Å². The smallest absolute Gasteiger partial charge is 0.214 e. The second kappa shape index (κ2) is 9.07. The summed E-state index contributed by atoms with van der Waals surface area (Å²) in [5, 5.41) is 19.7. The maximum absolute atomic E-state index is 10.7. The lowest BCUT2D eigenvalue weighted by atomic mass is 10.1. The van der Waals surface area contributed by atoms with Gasteiger partial charge in [0.15, 0.2) is 0 Å². The van der Waals surface area contributed by atoms with E-state index in [2.05, 4.69) is 111 Å². The molecule has 4 nitrogen and oxygen atoms in total. The number of para-hydroxylation sites is 2. The third-order valence-electron chi connectivity index (χ3n) is 8.88. The number of rotatable bonds is 2. The lowest BCUT2D eigenvalue weighted by Crippen LogP contribution is -2.01. The Morgan fingerprint density at radius 2 is 0.977 bits per heavy atom. The van der Waals surface area contributed by atoms with Gasteiger partial charge in [0, 0.05) is 27.2 Å². The molecule has 9 aromatic rings.